The first-order valence-corrected chi connectivity index (χ1v) is 14.4. The van der Waals surface area contributed by atoms with Gasteiger partial charge in [0, 0.05) is 5.69 Å². The van der Waals surface area contributed by atoms with Gasteiger partial charge in [0.05, 0.1) is 17.1 Å². The minimum Gasteiger partial charge on any atom is -0.325 e. The third-order valence-electron chi connectivity index (χ3n) is 6.19. The summed E-state index contributed by atoms with van der Waals surface area (Å²) in [4.78, 5) is 31.8. The van der Waals surface area contributed by atoms with E-state index in [2.05, 4.69) is 18.3 Å². The number of aryl methyl sites for hydroxylation is 3. The number of aromatic nitrogens is 3. The molecule has 38 heavy (non-hydrogen) atoms. The van der Waals surface area contributed by atoms with Gasteiger partial charge in [0.25, 0.3) is 5.56 Å². The van der Waals surface area contributed by atoms with Gasteiger partial charge in [0.1, 0.15) is 4.70 Å². The van der Waals surface area contributed by atoms with Crippen molar-refractivity contribution in [3.63, 3.8) is 0 Å². The van der Waals surface area contributed by atoms with E-state index < -0.39 is 0 Å². The Morgan fingerprint density at radius 1 is 1.03 bits per heavy atom. The molecule has 9 heteroatoms. The number of hydrogen-bond donors (Lipinski definition) is 1. The maximum atomic E-state index is 13.9. The molecule has 0 spiro atoms. The second-order valence-corrected chi connectivity index (χ2v) is 11.5. The van der Waals surface area contributed by atoms with E-state index >= 15 is 0 Å². The van der Waals surface area contributed by atoms with Crippen LogP contribution in [0.5, 0.6) is 0 Å². The summed E-state index contributed by atoms with van der Waals surface area (Å²) in [6.45, 7) is 6.11. The molecule has 6 nitrogen and oxygen atoms in total. The molecular formula is C29H26N4O2S3. The average Bonchev–Trinajstić information content (AvgIpc) is 3.24. The summed E-state index contributed by atoms with van der Waals surface area (Å²) in [5.41, 5.74) is 5.91. The second-order valence-electron chi connectivity index (χ2n) is 8.86. The lowest BCUT2D eigenvalue weighted by atomic mass is 10.1. The van der Waals surface area contributed by atoms with Gasteiger partial charge in [-0.1, -0.05) is 84.1 Å². The molecule has 3 aromatic carbocycles. The van der Waals surface area contributed by atoms with Gasteiger partial charge in [-0.2, -0.15) is 0 Å². The fourth-order valence-electron chi connectivity index (χ4n) is 4.37. The largest absolute Gasteiger partial charge is 0.325 e. The lowest BCUT2D eigenvalue weighted by Crippen LogP contribution is -2.23. The SMILES string of the molecule is CCc1ccccc1NC(=O)CSc1nc2c(sc(=S)n2-c2ccc(C)cc2C)c(=O)n1-c1ccccc1. The zero-order chi connectivity index (χ0) is 26.8. The van der Waals surface area contributed by atoms with E-state index in [9.17, 15) is 9.59 Å². The van der Waals surface area contributed by atoms with Crippen molar-refractivity contribution < 1.29 is 4.79 Å². The Labute approximate surface area is 234 Å². The fraction of sp³-hybridized carbons (Fsp3) is 0.172. The first kappa shape index (κ1) is 26.1. The first-order valence-electron chi connectivity index (χ1n) is 12.2. The Morgan fingerprint density at radius 2 is 1.76 bits per heavy atom. The fourth-order valence-corrected chi connectivity index (χ4v) is 6.47. The highest BCUT2D eigenvalue weighted by atomic mass is 32.2. The summed E-state index contributed by atoms with van der Waals surface area (Å²) in [7, 11) is 0. The quantitative estimate of drug-likeness (QED) is 0.134. The van der Waals surface area contributed by atoms with Gasteiger partial charge in [-0.15, -0.1) is 0 Å². The van der Waals surface area contributed by atoms with Crippen LogP contribution in [-0.2, 0) is 11.2 Å². The van der Waals surface area contributed by atoms with E-state index in [-0.39, 0.29) is 17.2 Å². The predicted molar refractivity (Wildman–Crippen MR) is 160 cm³/mol. The maximum Gasteiger partial charge on any atom is 0.278 e. The number of para-hydroxylation sites is 2. The Hall–Kier alpha value is -3.53. The second kappa shape index (κ2) is 11.1. The van der Waals surface area contributed by atoms with Gasteiger partial charge < -0.3 is 5.32 Å². The molecule has 0 aliphatic carbocycles. The van der Waals surface area contributed by atoms with Crippen LogP contribution in [0.25, 0.3) is 21.7 Å². The van der Waals surface area contributed by atoms with Gasteiger partial charge in [-0.05, 0) is 67.9 Å². The summed E-state index contributed by atoms with van der Waals surface area (Å²) in [6.07, 6.45) is 0.815. The number of hydrogen-bond acceptors (Lipinski definition) is 6. The summed E-state index contributed by atoms with van der Waals surface area (Å²) >= 11 is 8.20. The number of thioether (sulfide) groups is 1. The molecule has 2 heterocycles. The van der Waals surface area contributed by atoms with Crippen molar-refractivity contribution in [2.75, 3.05) is 11.1 Å². The molecule has 1 N–H and O–H groups in total. The van der Waals surface area contributed by atoms with Gasteiger partial charge in [-0.3, -0.25) is 18.7 Å². The minimum absolute atomic E-state index is 0.0945. The van der Waals surface area contributed by atoms with Crippen molar-refractivity contribution in [1.29, 1.82) is 0 Å². The Bertz CT molecular complexity index is 1770. The highest BCUT2D eigenvalue weighted by molar-refractivity contribution is 7.99. The molecule has 0 fully saturated rings. The van der Waals surface area contributed by atoms with E-state index in [0.717, 1.165) is 34.5 Å². The van der Waals surface area contributed by atoms with Gasteiger partial charge in [-0.25, -0.2) is 4.98 Å². The van der Waals surface area contributed by atoms with Crippen molar-refractivity contribution in [3.05, 3.63) is 104 Å². The normalized spacial score (nSPS) is 11.1. The lowest BCUT2D eigenvalue weighted by molar-refractivity contribution is -0.113. The number of rotatable bonds is 7. The zero-order valence-electron chi connectivity index (χ0n) is 21.2. The van der Waals surface area contributed by atoms with Crippen LogP contribution < -0.4 is 10.9 Å². The molecule has 0 aliphatic rings. The van der Waals surface area contributed by atoms with Gasteiger partial charge in [0.2, 0.25) is 5.91 Å². The minimum atomic E-state index is -0.208. The molecule has 5 rings (SSSR count). The van der Waals surface area contributed by atoms with Crippen LogP contribution in [-0.4, -0.2) is 25.8 Å². The van der Waals surface area contributed by atoms with Crippen molar-refractivity contribution in [1.82, 2.24) is 14.1 Å². The number of carbonyl (C=O) groups is 1. The standard InChI is InChI=1S/C29H26N4O2S3/c1-4-20-10-8-9-13-22(20)30-24(34)17-37-28-31-26-25(27(35)32(28)21-11-6-5-7-12-21)38-29(36)33(26)23-15-14-18(2)16-19(23)3/h5-16H,4,17H2,1-3H3,(H,30,34). The molecule has 0 radical (unpaired) electrons. The Kier molecular flexibility index (Phi) is 7.60. The van der Waals surface area contributed by atoms with Gasteiger partial charge >= 0.3 is 0 Å². The highest BCUT2D eigenvalue weighted by Crippen LogP contribution is 2.29. The summed E-state index contributed by atoms with van der Waals surface area (Å²) in [5, 5.41) is 3.43. The van der Waals surface area contributed by atoms with Crippen LogP contribution in [0.15, 0.2) is 82.7 Å². The van der Waals surface area contributed by atoms with E-state index in [1.54, 1.807) is 4.57 Å². The van der Waals surface area contributed by atoms with E-state index in [0.29, 0.717) is 25.1 Å². The number of carbonyl (C=O) groups excluding carboxylic acids is 1. The molecular weight excluding hydrogens is 533 g/mol. The summed E-state index contributed by atoms with van der Waals surface area (Å²) in [5.74, 6) is -0.0709. The monoisotopic (exact) mass is 558 g/mol. The van der Waals surface area contributed by atoms with Crippen LogP contribution in [0, 0.1) is 17.8 Å². The van der Waals surface area contributed by atoms with E-state index in [1.165, 1.54) is 23.1 Å². The number of nitrogens with zero attached hydrogens (tertiary/aromatic N) is 3. The molecule has 0 unspecified atom stereocenters. The van der Waals surface area contributed by atoms with Crippen LogP contribution in [0.2, 0.25) is 0 Å². The van der Waals surface area contributed by atoms with Gasteiger partial charge in [0.15, 0.2) is 14.8 Å². The predicted octanol–water partition coefficient (Wildman–Crippen LogP) is 6.88. The molecule has 0 atom stereocenters. The molecule has 1 amide bonds. The highest BCUT2D eigenvalue weighted by Gasteiger charge is 2.20. The first-order chi connectivity index (χ1) is 18.4. The van der Waals surface area contributed by atoms with Crippen molar-refractivity contribution in [3.8, 4) is 11.4 Å². The molecule has 0 saturated carbocycles. The molecule has 0 aliphatic heterocycles. The molecule has 192 valence electrons. The van der Waals surface area contributed by atoms with Crippen molar-refractivity contribution in [2.45, 2.75) is 32.3 Å². The van der Waals surface area contributed by atoms with Crippen molar-refractivity contribution in [2.24, 2.45) is 0 Å². The number of thiazole rings is 1. The topological polar surface area (TPSA) is 68.9 Å². The summed E-state index contributed by atoms with van der Waals surface area (Å²) < 4.78 is 4.46. The van der Waals surface area contributed by atoms with E-state index in [4.69, 9.17) is 17.2 Å². The summed E-state index contributed by atoms with van der Waals surface area (Å²) in [6, 6.07) is 23.2. The van der Waals surface area contributed by atoms with Crippen LogP contribution >= 0.6 is 35.3 Å². The number of nitrogens with one attached hydrogen (secondary N) is 1. The molecule has 0 saturated heterocycles. The number of amides is 1. The number of fused-ring (bicyclic) bond motifs is 1. The number of benzene rings is 3. The molecule has 5 aromatic rings. The van der Waals surface area contributed by atoms with Crippen LogP contribution in [0.3, 0.4) is 0 Å². The maximum absolute atomic E-state index is 13.9. The molecule has 0 bridgehead atoms. The van der Waals surface area contributed by atoms with Crippen LogP contribution in [0.1, 0.15) is 23.6 Å². The average molecular weight is 559 g/mol. The zero-order valence-corrected chi connectivity index (χ0v) is 23.7. The van der Waals surface area contributed by atoms with Crippen LogP contribution in [0.4, 0.5) is 5.69 Å². The Balaban J connectivity index is 1.60. The lowest BCUT2D eigenvalue weighted by Gasteiger charge is -2.14. The van der Waals surface area contributed by atoms with Crippen molar-refractivity contribution >= 4 is 57.3 Å². The number of anilines is 1. The third kappa shape index (κ3) is 5.09. The smallest absolute Gasteiger partial charge is 0.278 e. The Morgan fingerprint density at radius 3 is 2.50 bits per heavy atom. The van der Waals surface area contributed by atoms with E-state index in [1.807, 2.05) is 85.1 Å². The molecule has 2 aromatic heterocycles. The third-order valence-corrected chi connectivity index (χ3v) is 8.48.